The summed E-state index contributed by atoms with van der Waals surface area (Å²) < 4.78 is 42.4. The van der Waals surface area contributed by atoms with Crippen LogP contribution in [0, 0.1) is 19.7 Å². The molecule has 0 radical (unpaired) electrons. The molecular weight excluding hydrogens is 317 g/mol. The smallest absolute Gasteiger partial charge is 0.247 e. The van der Waals surface area contributed by atoms with Gasteiger partial charge in [-0.15, -0.1) is 0 Å². The first-order valence-electron chi connectivity index (χ1n) is 7.59. The number of aryl methyl sites for hydroxylation is 3. The summed E-state index contributed by atoms with van der Waals surface area (Å²) in [5.74, 6) is -0.304. The van der Waals surface area contributed by atoms with Crippen molar-refractivity contribution >= 4 is 10.0 Å². The van der Waals surface area contributed by atoms with Gasteiger partial charge in [-0.3, -0.25) is 4.68 Å². The molecule has 1 aliphatic heterocycles. The molecule has 0 saturated carbocycles. The highest BCUT2D eigenvalue weighted by Crippen LogP contribution is 2.38. The van der Waals surface area contributed by atoms with Gasteiger partial charge in [-0.1, -0.05) is 6.07 Å². The fraction of sp³-hybridized carbons (Fsp3) is 0.438. The third-order valence-electron chi connectivity index (χ3n) is 4.35. The highest BCUT2D eigenvalue weighted by atomic mass is 32.2. The van der Waals surface area contributed by atoms with Gasteiger partial charge in [0, 0.05) is 19.8 Å². The van der Waals surface area contributed by atoms with Gasteiger partial charge >= 0.3 is 0 Å². The van der Waals surface area contributed by atoms with Gasteiger partial charge in [-0.2, -0.15) is 9.40 Å². The number of rotatable bonds is 3. The number of halogens is 1. The first-order chi connectivity index (χ1) is 10.8. The Bertz CT molecular complexity index is 845. The molecule has 1 fully saturated rings. The van der Waals surface area contributed by atoms with Crippen LogP contribution in [0.5, 0.6) is 0 Å². The maximum absolute atomic E-state index is 13.3. The average molecular weight is 337 g/mol. The van der Waals surface area contributed by atoms with Crippen molar-refractivity contribution in [2.24, 2.45) is 7.05 Å². The first kappa shape index (κ1) is 16.1. The predicted octanol–water partition coefficient (Wildman–Crippen LogP) is 2.70. The maximum atomic E-state index is 13.3. The normalized spacial score (nSPS) is 19.4. The van der Waals surface area contributed by atoms with E-state index < -0.39 is 10.0 Å². The van der Waals surface area contributed by atoms with Gasteiger partial charge in [0.15, 0.2) is 0 Å². The highest BCUT2D eigenvalue weighted by molar-refractivity contribution is 7.89. The molecule has 1 atom stereocenters. The molecule has 0 aliphatic carbocycles. The number of benzene rings is 1. The van der Waals surface area contributed by atoms with E-state index in [1.807, 2.05) is 6.92 Å². The van der Waals surface area contributed by atoms with E-state index in [1.54, 1.807) is 20.0 Å². The summed E-state index contributed by atoms with van der Waals surface area (Å²) in [6.45, 7) is 3.98. The predicted molar refractivity (Wildman–Crippen MR) is 84.9 cm³/mol. The maximum Gasteiger partial charge on any atom is 0.247 e. The van der Waals surface area contributed by atoms with E-state index in [2.05, 4.69) is 5.10 Å². The Morgan fingerprint density at radius 2 is 2.04 bits per heavy atom. The molecule has 1 aromatic heterocycles. The lowest BCUT2D eigenvalue weighted by molar-refractivity contribution is 0.395. The summed E-state index contributed by atoms with van der Waals surface area (Å²) in [7, 11) is -1.91. The zero-order valence-corrected chi connectivity index (χ0v) is 14.3. The molecular formula is C16H20FN3O2S. The summed E-state index contributed by atoms with van der Waals surface area (Å²) in [5.41, 5.74) is 2.14. The number of nitrogens with zero attached hydrogens (tertiary/aromatic N) is 3. The molecule has 124 valence electrons. The number of sulfonamides is 1. The Morgan fingerprint density at radius 1 is 1.30 bits per heavy atom. The Morgan fingerprint density at radius 3 is 2.65 bits per heavy atom. The van der Waals surface area contributed by atoms with Crippen LogP contribution in [0.25, 0.3) is 0 Å². The van der Waals surface area contributed by atoms with E-state index in [0.717, 1.165) is 24.0 Å². The lowest BCUT2D eigenvalue weighted by Gasteiger charge is -2.25. The fourth-order valence-corrected chi connectivity index (χ4v) is 5.19. The third kappa shape index (κ3) is 2.79. The Labute approximate surface area is 135 Å². The molecule has 0 N–H and O–H groups in total. The highest BCUT2D eigenvalue weighted by Gasteiger charge is 2.38. The van der Waals surface area contributed by atoms with E-state index in [-0.39, 0.29) is 16.8 Å². The molecule has 5 nitrogen and oxygen atoms in total. The zero-order chi connectivity index (χ0) is 16.8. The van der Waals surface area contributed by atoms with Crippen molar-refractivity contribution in [1.82, 2.24) is 14.1 Å². The minimum absolute atomic E-state index is 0.242. The largest absolute Gasteiger partial charge is 0.274 e. The number of hydrogen-bond acceptors (Lipinski definition) is 3. The Hall–Kier alpha value is -1.73. The van der Waals surface area contributed by atoms with Gasteiger partial charge in [-0.25, -0.2) is 12.8 Å². The van der Waals surface area contributed by atoms with Gasteiger partial charge in [0.05, 0.1) is 11.7 Å². The number of aromatic nitrogens is 2. The van der Waals surface area contributed by atoms with E-state index in [0.29, 0.717) is 12.2 Å². The number of hydrogen-bond donors (Lipinski definition) is 0. The van der Waals surface area contributed by atoms with Gasteiger partial charge in [0.2, 0.25) is 10.0 Å². The minimum Gasteiger partial charge on any atom is -0.274 e. The van der Waals surface area contributed by atoms with Crippen molar-refractivity contribution in [3.8, 4) is 0 Å². The van der Waals surface area contributed by atoms with Crippen LogP contribution in [0.15, 0.2) is 29.3 Å². The molecule has 3 rings (SSSR count). The zero-order valence-electron chi connectivity index (χ0n) is 13.5. The fourth-order valence-electron chi connectivity index (χ4n) is 3.31. The molecule has 1 unspecified atom stereocenters. The van der Waals surface area contributed by atoms with Crippen LogP contribution in [-0.4, -0.2) is 29.0 Å². The van der Waals surface area contributed by atoms with Crippen molar-refractivity contribution in [2.75, 3.05) is 6.54 Å². The molecule has 2 heterocycles. The summed E-state index contributed by atoms with van der Waals surface area (Å²) >= 11 is 0. The average Bonchev–Trinajstić information content (AvgIpc) is 3.06. The summed E-state index contributed by atoms with van der Waals surface area (Å²) in [4.78, 5) is 0.242. The summed E-state index contributed by atoms with van der Waals surface area (Å²) in [5, 5.41) is 4.14. The Kier molecular flexibility index (Phi) is 4.01. The second-order valence-electron chi connectivity index (χ2n) is 6.03. The quantitative estimate of drug-likeness (QED) is 0.865. The lowest BCUT2D eigenvalue weighted by Crippen LogP contribution is -2.31. The van der Waals surface area contributed by atoms with Crippen LogP contribution in [-0.2, 0) is 17.1 Å². The first-order valence-corrected chi connectivity index (χ1v) is 9.03. The minimum atomic E-state index is -3.62. The van der Waals surface area contributed by atoms with E-state index >= 15 is 0 Å². The molecule has 23 heavy (non-hydrogen) atoms. The monoisotopic (exact) mass is 337 g/mol. The molecule has 0 spiro atoms. The van der Waals surface area contributed by atoms with Crippen molar-refractivity contribution in [2.45, 2.75) is 37.6 Å². The molecule has 1 saturated heterocycles. The van der Waals surface area contributed by atoms with E-state index in [1.165, 1.54) is 27.3 Å². The van der Waals surface area contributed by atoms with Crippen LogP contribution in [0.4, 0.5) is 4.39 Å². The van der Waals surface area contributed by atoms with Crippen LogP contribution in [0.1, 0.15) is 35.7 Å². The van der Waals surface area contributed by atoms with E-state index in [4.69, 9.17) is 0 Å². The summed E-state index contributed by atoms with van der Waals surface area (Å²) in [6.07, 6.45) is 3.07. The third-order valence-corrected chi connectivity index (χ3v) is 6.36. The lowest BCUT2D eigenvalue weighted by atomic mass is 10.00. The van der Waals surface area contributed by atoms with Crippen molar-refractivity contribution < 1.29 is 12.8 Å². The SMILES string of the molecule is Cc1cc(F)ccc1C1CCCN1S(=O)(=O)c1cn(C)nc1C. The topological polar surface area (TPSA) is 55.2 Å². The van der Waals surface area contributed by atoms with Crippen molar-refractivity contribution in [3.05, 3.63) is 47.0 Å². The van der Waals surface area contributed by atoms with E-state index in [9.17, 15) is 12.8 Å². The second-order valence-corrected chi connectivity index (χ2v) is 7.89. The van der Waals surface area contributed by atoms with Crippen LogP contribution < -0.4 is 0 Å². The second kappa shape index (κ2) is 5.72. The molecule has 1 aliphatic rings. The van der Waals surface area contributed by atoms with Crippen molar-refractivity contribution in [1.29, 1.82) is 0 Å². The molecule has 2 aromatic rings. The Balaban J connectivity index is 2.03. The molecule has 7 heteroatoms. The van der Waals surface area contributed by atoms with Crippen LogP contribution >= 0.6 is 0 Å². The molecule has 0 amide bonds. The van der Waals surface area contributed by atoms with Gasteiger partial charge in [-0.05, 0) is 49.9 Å². The van der Waals surface area contributed by atoms with Gasteiger partial charge < -0.3 is 0 Å². The van der Waals surface area contributed by atoms with Gasteiger partial charge in [0.25, 0.3) is 0 Å². The molecule has 1 aromatic carbocycles. The summed E-state index contributed by atoms with van der Waals surface area (Å²) in [6, 6.07) is 4.29. The standard InChI is InChI=1S/C16H20FN3O2S/c1-11-9-13(17)6-7-14(11)15-5-4-8-20(15)23(21,22)16-10-19(3)18-12(16)2/h6-7,9-10,15H,4-5,8H2,1-3H3. The van der Waals surface area contributed by atoms with Crippen LogP contribution in [0.3, 0.4) is 0 Å². The molecule has 0 bridgehead atoms. The van der Waals surface area contributed by atoms with Crippen LogP contribution in [0.2, 0.25) is 0 Å². The van der Waals surface area contributed by atoms with Crippen molar-refractivity contribution in [3.63, 3.8) is 0 Å². The van der Waals surface area contributed by atoms with Gasteiger partial charge in [0.1, 0.15) is 10.7 Å².